The Labute approximate surface area is 166 Å². The quantitative estimate of drug-likeness (QED) is 0.654. The van der Waals surface area contributed by atoms with Gasteiger partial charge in [-0.25, -0.2) is 9.29 Å². The summed E-state index contributed by atoms with van der Waals surface area (Å²) in [5, 5.41) is 12.0. The number of carbonyl (C=O) groups excluding carboxylic acids is 2. The van der Waals surface area contributed by atoms with Crippen LogP contribution >= 0.6 is 0 Å². The van der Waals surface area contributed by atoms with E-state index in [-0.39, 0.29) is 11.8 Å². The number of benzene rings is 3. The predicted molar refractivity (Wildman–Crippen MR) is 104 cm³/mol. The molecule has 0 radical (unpaired) electrons. The van der Waals surface area contributed by atoms with Crippen molar-refractivity contribution in [2.45, 2.75) is 11.5 Å². The minimum atomic E-state index is -1.58. The highest BCUT2D eigenvalue weighted by Gasteiger charge is 2.68. The fraction of sp³-hybridized carbons (Fsp3) is 0.167. The lowest BCUT2D eigenvalue weighted by Crippen LogP contribution is -2.53. The van der Waals surface area contributed by atoms with Crippen molar-refractivity contribution >= 4 is 17.5 Å². The maximum absolute atomic E-state index is 13.5. The van der Waals surface area contributed by atoms with Crippen molar-refractivity contribution in [2.24, 2.45) is 11.8 Å². The van der Waals surface area contributed by atoms with E-state index in [4.69, 9.17) is 0 Å². The molecule has 0 aromatic heterocycles. The molecule has 2 bridgehead atoms. The van der Waals surface area contributed by atoms with E-state index < -0.39 is 29.2 Å². The third kappa shape index (κ3) is 1.86. The third-order valence-electron chi connectivity index (χ3n) is 6.66. The van der Waals surface area contributed by atoms with Crippen molar-refractivity contribution in [3.8, 4) is 0 Å². The minimum absolute atomic E-state index is 0.302. The molecular weight excluding hydrogens is 369 g/mol. The van der Waals surface area contributed by atoms with Crippen LogP contribution in [0.1, 0.15) is 28.2 Å². The fourth-order valence-corrected chi connectivity index (χ4v) is 5.58. The number of aliphatic hydroxyl groups is 1. The monoisotopic (exact) mass is 385 g/mol. The van der Waals surface area contributed by atoms with Crippen LogP contribution in [0.5, 0.6) is 0 Å². The normalized spacial score (nSPS) is 28.9. The van der Waals surface area contributed by atoms with Crippen molar-refractivity contribution in [3.05, 3.63) is 101 Å². The third-order valence-corrected chi connectivity index (χ3v) is 6.66. The molecule has 3 aliphatic carbocycles. The average molecular weight is 385 g/mol. The average Bonchev–Trinajstić information content (AvgIpc) is 3.01. The van der Waals surface area contributed by atoms with E-state index in [0.29, 0.717) is 16.8 Å². The highest BCUT2D eigenvalue weighted by atomic mass is 19.1. The molecule has 4 nitrogen and oxygen atoms in total. The van der Waals surface area contributed by atoms with Crippen LogP contribution in [0.15, 0.2) is 72.8 Å². The Morgan fingerprint density at radius 2 is 1.34 bits per heavy atom. The van der Waals surface area contributed by atoms with Crippen LogP contribution in [-0.4, -0.2) is 16.9 Å². The van der Waals surface area contributed by atoms with Crippen molar-refractivity contribution in [1.29, 1.82) is 0 Å². The van der Waals surface area contributed by atoms with Gasteiger partial charge in [0.1, 0.15) is 11.4 Å². The first kappa shape index (κ1) is 16.6. The van der Waals surface area contributed by atoms with Gasteiger partial charge in [0.15, 0.2) is 0 Å². The number of rotatable bonds is 1. The molecule has 5 heteroatoms. The SMILES string of the molecule is O=C1C2C3c4ccccc4C(O)(c4ccccc43)C2C(=O)N1c1ccc(F)cc1. The van der Waals surface area contributed by atoms with Gasteiger partial charge < -0.3 is 5.11 Å². The Balaban J connectivity index is 1.61. The number of nitrogens with zero attached hydrogens (tertiary/aromatic N) is 1. The van der Waals surface area contributed by atoms with Crippen LogP contribution in [-0.2, 0) is 15.2 Å². The largest absolute Gasteiger partial charge is 0.379 e. The molecule has 0 spiro atoms. The molecule has 2 amide bonds. The van der Waals surface area contributed by atoms with Gasteiger partial charge in [-0.3, -0.25) is 9.59 Å². The Hall–Kier alpha value is -3.31. The van der Waals surface area contributed by atoms with Gasteiger partial charge in [0.25, 0.3) is 0 Å². The zero-order chi connectivity index (χ0) is 19.9. The molecule has 142 valence electrons. The number of imide groups is 1. The smallest absolute Gasteiger partial charge is 0.241 e. The summed E-state index contributed by atoms with van der Waals surface area (Å²) in [6, 6.07) is 20.3. The lowest BCUT2D eigenvalue weighted by molar-refractivity contribution is -0.133. The van der Waals surface area contributed by atoms with E-state index in [1.165, 1.54) is 24.3 Å². The second-order valence-electron chi connectivity index (χ2n) is 7.91. The van der Waals surface area contributed by atoms with Gasteiger partial charge in [-0.05, 0) is 46.5 Å². The molecule has 2 unspecified atom stereocenters. The van der Waals surface area contributed by atoms with Crippen LogP contribution in [0.4, 0.5) is 10.1 Å². The first-order valence-corrected chi connectivity index (χ1v) is 9.58. The summed E-state index contributed by atoms with van der Waals surface area (Å²) in [5.74, 6) is -3.13. The number of amides is 2. The van der Waals surface area contributed by atoms with E-state index in [0.717, 1.165) is 16.0 Å². The van der Waals surface area contributed by atoms with Crippen molar-refractivity contribution in [2.75, 3.05) is 4.90 Å². The minimum Gasteiger partial charge on any atom is -0.379 e. The van der Waals surface area contributed by atoms with Gasteiger partial charge in [0.2, 0.25) is 11.8 Å². The summed E-state index contributed by atoms with van der Waals surface area (Å²) in [4.78, 5) is 28.1. The first-order valence-electron chi connectivity index (χ1n) is 9.58. The molecule has 4 aliphatic rings. The second kappa shape index (κ2) is 5.39. The Morgan fingerprint density at radius 1 is 0.793 bits per heavy atom. The fourth-order valence-electron chi connectivity index (χ4n) is 5.58. The molecule has 1 saturated heterocycles. The summed E-state index contributed by atoms with van der Waals surface area (Å²) in [7, 11) is 0. The van der Waals surface area contributed by atoms with Gasteiger partial charge in [0, 0.05) is 5.92 Å². The highest BCUT2D eigenvalue weighted by Crippen LogP contribution is 2.63. The van der Waals surface area contributed by atoms with Crippen molar-refractivity contribution in [3.63, 3.8) is 0 Å². The second-order valence-corrected chi connectivity index (χ2v) is 7.91. The molecule has 1 fully saturated rings. The summed E-state index contributed by atoms with van der Waals surface area (Å²) in [5.41, 5.74) is 1.90. The molecule has 29 heavy (non-hydrogen) atoms. The van der Waals surface area contributed by atoms with Gasteiger partial charge >= 0.3 is 0 Å². The van der Waals surface area contributed by atoms with Crippen LogP contribution in [0, 0.1) is 17.7 Å². The Morgan fingerprint density at radius 3 is 1.93 bits per heavy atom. The number of halogens is 1. The van der Waals surface area contributed by atoms with Crippen molar-refractivity contribution in [1.82, 2.24) is 0 Å². The zero-order valence-electron chi connectivity index (χ0n) is 15.2. The van der Waals surface area contributed by atoms with E-state index in [1.807, 2.05) is 48.5 Å². The topological polar surface area (TPSA) is 57.6 Å². The van der Waals surface area contributed by atoms with Gasteiger partial charge in [-0.1, -0.05) is 48.5 Å². The van der Waals surface area contributed by atoms with E-state index in [2.05, 4.69) is 0 Å². The van der Waals surface area contributed by atoms with Crippen LogP contribution in [0.2, 0.25) is 0 Å². The Kier molecular flexibility index (Phi) is 3.09. The van der Waals surface area contributed by atoms with Gasteiger partial charge in [-0.2, -0.15) is 0 Å². The number of hydrogen-bond acceptors (Lipinski definition) is 3. The maximum Gasteiger partial charge on any atom is 0.241 e. The molecule has 1 aliphatic heterocycles. The zero-order valence-corrected chi connectivity index (χ0v) is 15.2. The summed E-state index contributed by atoms with van der Waals surface area (Å²) in [6.45, 7) is 0. The van der Waals surface area contributed by atoms with E-state index in [9.17, 15) is 19.1 Å². The standard InChI is InChI=1S/C24H16FNO3/c25-13-9-11-14(12-10-13)26-22(27)20-19-15-5-1-3-7-17(15)24(29,21(20)23(26)28)18-8-4-2-6-16(18)19/h1-12,19-21,29H. The van der Waals surface area contributed by atoms with Gasteiger partial charge in [0.05, 0.1) is 17.5 Å². The van der Waals surface area contributed by atoms with Crippen LogP contribution in [0.3, 0.4) is 0 Å². The first-order chi connectivity index (χ1) is 14.0. The van der Waals surface area contributed by atoms with Crippen molar-refractivity contribution < 1.29 is 19.1 Å². The molecule has 3 aromatic carbocycles. The highest BCUT2D eigenvalue weighted by molar-refractivity contribution is 6.23. The van der Waals surface area contributed by atoms with Crippen LogP contribution in [0.25, 0.3) is 0 Å². The number of anilines is 1. The molecule has 0 saturated carbocycles. The molecule has 3 aromatic rings. The summed E-state index contributed by atoms with van der Waals surface area (Å²) in [6.07, 6.45) is 0. The molecule has 2 atom stereocenters. The lowest BCUT2D eigenvalue weighted by atomic mass is 9.52. The van der Waals surface area contributed by atoms with E-state index >= 15 is 0 Å². The Bertz CT molecular complexity index is 1160. The maximum atomic E-state index is 13.5. The number of hydrogen-bond donors (Lipinski definition) is 1. The lowest BCUT2D eigenvalue weighted by Gasteiger charge is -2.51. The molecule has 1 heterocycles. The van der Waals surface area contributed by atoms with Gasteiger partial charge in [-0.15, -0.1) is 0 Å². The number of carbonyl (C=O) groups is 2. The molecular formula is C24H16FNO3. The van der Waals surface area contributed by atoms with Crippen LogP contribution < -0.4 is 4.90 Å². The molecule has 7 rings (SSSR count). The van der Waals surface area contributed by atoms with E-state index in [1.54, 1.807) is 0 Å². The molecule has 1 N–H and O–H groups in total. The summed E-state index contributed by atoms with van der Waals surface area (Å²) < 4.78 is 13.4. The summed E-state index contributed by atoms with van der Waals surface area (Å²) >= 11 is 0. The predicted octanol–water partition coefficient (Wildman–Crippen LogP) is 3.33.